The molecule has 2 N–H and O–H groups in total. The minimum atomic E-state index is -0.896. The number of rotatable bonds is 8. The predicted molar refractivity (Wildman–Crippen MR) is 128 cm³/mol. The first-order valence-corrected chi connectivity index (χ1v) is 11.9. The van der Waals surface area contributed by atoms with E-state index in [1.54, 1.807) is 19.2 Å². The Balaban J connectivity index is 1.44. The first-order valence-electron chi connectivity index (χ1n) is 11.9. The summed E-state index contributed by atoms with van der Waals surface area (Å²) in [5.41, 5.74) is 4.95. The summed E-state index contributed by atoms with van der Waals surface area (Å²) in [6.45, 7) is 4.65. The lowest BCUT2D eigenvalue weighted by Crippen LogP contribution is -2.39. The highest BCUT2D eigenvalue weighted by atomic mass is 16.5. The molecule has 1 saturated carbocycles. The van der Waals surface area contributed by atoms with Gasteiger partial charge in [-0.05, 0) is 73.9 Å². The van der Waals surface area contributed by atoms with Crippen LogP contribution in [0.5, 0.6) is 5.75 Å². The van der Waals surface area contributed by atoms with Gasteiger partial charge in [-0.3, -0.25) is 4.90 Å². The third kappa shape index (κ3) is 4.63. The Morgan fingerprint density at radius 1 is 1.18 bits per heavy atom. The fourth-order valence-electron chi connectivity index (χ4n) is 5.06. The van der Waals surface area contributed by atoms with Crippen LogP contribution < -0.4 is 4.74 Å². The van der Waals surface area contributed by atoms with Crippen molar-refractivity contribution in [3.63, 3.8) is 0 Å². The van der Waals surface area contributed by atoms with E-state index in [0.29, 0.717) is 5.56 Å². The topological polar surface area (TPSA) is 74.8 Å². The molecule has 0 spiro atoms. The van der Waals surface area contributed by atoms with E-state index in [4.69, 9.17) is 9.47 Å². The van der Waals surface area contributed by atoms with Gasteiger partial charge in [-0.25, -0.2) is 4.79 Å². The molecular formula is C27H32N2O4. The first kappa shape index (κ1) is 22.0. The van der Waals surface area contributed by atoms with E-state index in [1.807, 2.05) is 18.3 Å². The van der Waals surface area contributed by atoms with Crippen molar-refractivity contribution in [1.82, 2.24) is 9.88 Å². The van der Waals surface area contributed by atoms with Gasteiger partial charge in [0.1, 0.15) is 5.75 Å². The smallest absolute Gasteiger partial charge is 0.335 e. The number of nitrogens with one attached hydrogen (secondary N) is 1. The van der Waals surface area contributed by atoms with Crippen LogP contribution in [0.1, 0.15) is 58.8 Å². The maximum Gasteiger partial charge on any atom is 0.335 e. The van der Waals surface area contributed by atoms with Crippen LogP contribution >= 0.6 is 0 Å². The van der Waals surface area contributed by atoms with E-state index in [2.05, 4.69) is 28.9 Å². The van der Waals surface area contributed by atoms with Crippen LogP contribution in [0, 0.1) is 12.8 Å². The molecule has 2 aromatic carbocycles. The molecule has 2 fully saturated rings. The molecule has 174 valence electrons. The van der Waals surface area contributed by atoms with Gasteiger partial charge >= 0.3 is 5.97 Å². The zero-order valence-electron chi connectivity index (χ0n) is 19.3. The standard InChI is InChI=1S/C27H32N2O4/c1-17-13-25(32-2)23(22-9-11-28-26(17)22)15-29-12-10-21(33-16-18-3-4-18)14-24(29)19-5-7-20(8-6-19)27(30)31/h5-9,11,13,18,21,24,28H,3-4,10,12,14-16H2,1-2H3,(H,30,31)/t21-,24-/m1/s1. The number of ether oxygens (including phenoxy) is 2. The van der Waals surface area contributed by atoms with Gasteiger partial charge in [0.2, 0.25) is 0 Å². The fourth-order valence-corrected chi connectivity index (χ4v) is 5.06. The highest BCUT2D eigenvalue weighted by Gasteiger charge is 2.32. The Morgan fingerprint density at radius 2 is 1.97 bits per heavy atom. The molecule has 0 amide bonds. The molecule has 0 unspecified atom stereocenters. The lowest BCUT2D eigenvalue weighted by Gasteiger charge is -2.40. The third-order valence-electron chi connectivity index (χ3n) is 7.16. The zero-order valence-corrected chi connectivity index (χ0v) is 19.3. The molecule has 1 aromatic heterocycles. The van der Waals surface area contributed by atoms with Gasteiger partial charge in [0, 0.05) is 48.4 Å². The number of aromatic carboxylic acids is 1. The molecule has 6 nitrogen and oxygen atoms in total. The second kappa shape index (κ2) is 9.20. The third-order valence-corrected chi connectivity index (χ3v) is 7.16. The second-order valence-electron chi connectivity index (χ2n) is 9.48. The molecule has 6 heteroatoms. The Morgan fingerprint density at radius 3 is 2.67 bits per heavy atom. The van der Waals surface area contributed by atoms with Gasteiger partial charge in [0.05, 0.1) is 18.8 Å². The number of nitrogens with zero attached hydrogens (tertiary/aromatic N) is 1. The van der Waals surface area contributed by atoms with E-state index in [-0.39, 0.29) is 12.1 Å². The second-order valence-corrected chi connectivity index (χ2v) is 9.48. The first-order chi connectivity index (χ1) is 16.0. The molecule has 0 radical (unpaired) electrons. The number of piperidine rings is 1. The highest BCUT2D eigenvalue weighted by molar-refractivity contribution is 5.88. The molecule has 1 aliphatic carbocycles. The number of benzene rings is 2. The van der Waals surface area contributed by atoms with Gasteiger partial charge in [-0.1, -0.05) is 12.1 Å². The summed E-state index contributed by atoms with van der Waals surface area (Å²) in [6, 6.07) is 11.7. The molecule has 33 heavy (non-hydrogen) atoms. The van der Waals surface area contributed by atoms with E-state index in [9.17, 15) is 9.90 Å². The van der Waals surface area contributed by atoms with Gasteiger partial charge in [-0.15, -0.1) is 0 Å². The van der Waals surface area contributed by atoms with Crippen LogP contribution in [0.2, 0.25) is 0 Å². The molecule has 2 aliphatic rings. The average molecular weight is 449 g/mol. The van der Waals surface area contributed by atoms with Gasteiger partial charge < -0.3 is 19.6 Å². The number of aryl methyl sites for hydroxylation is 1. The Labute approximate surface area is 194 Å². The van der Waals surface area contributed by atoms with Crippen molar-refractivity contribution < 1.29 is 19.4 Å². The Bertz CT molecular complexity index is 1130. The van der Waals surface area contributed by atoms with Gasteiger partial charge in [0.15, 0.2) is 0 Å². The summed E-state index contributed by atoms with van der Waals surface area (Å²) in [6.07, 6.45) is 6.71. The minimum absolute atomic E-state index is 0.158. The quantitative estimate of drug-likeness (QED) is 0.488. The number of H-pyrrole nitrogens is 1. The van der Waals surface area contributed by atoms with Crippen LogP contribution in [0.4, 0.5) is 0 Å². The lowest BCUT2D eigenvalue weighted by atomic mass is 9.91. The SMILES string of the molecule is COc1cc(C)c2[nH]ccc2c1CN1CC[C@@H](OCC2CC2)C[C@@H]1c1ccc(C(=O)O)cc1. The Hall–Kier alpha value is -2.83. The summed E-state index contributed by atoms with van der Waals surface area (Å²) in [4.78, 5) is 17.2. The zero-order chi connectivity index (χ0) is 22.9. The van der Waals surface area contributed by atoms with Crippen molar-refractivity contribution in [3.8, 4) is 5.75 Å². The van der Waals surface area contributed by atoms with E-state index in [1.165, 1.54) is 29.4 Å². The maximum absolute atomic E-state index is 11.4. The maximum atomic E-state index is 11.4. The van der Waals surface area contributed by atoms with Crippen molar-refractivity contribution in [3.05, 3.63) is 64.8 Å². The van der Waals surface area contributed by atoms with E-state index < -0.39 is 5.97 Å². The summed E-state index contributed by atoms with van der Waals surface area (Å²) in [5, 5.41) is 10.5. The monoisotopic (exact) mass is 448 g/mol. The average Bonchev–Trinajstić information content (AvgIpc) is 3.53. The molecule has 0 bridgehead atoms. The summed E-state index contributed by atoms with van der Waals surface area (Å²) < 4.78 is 12.1. The van der Waals surface area contributed by atoms with Gasteiger partial charge in [0.25, 0.3) is 0 Å². The number of carboxylic acids is 1. The summed E-state index contributed by atoms with van der Waals surface area (Å²) >= 11 is 0. The number of likely N-dealkylation sites (tertiary alicyclic amines) is 1. The van der Waals surface area contributed by atoms with Gasteiger partial charge in [-0.2, -0.15) is 0 Å². The molecule has 5 rings (SSSR count). The van der Waals surface area contributed by atoms with Crippen molar-refractivity contribution >= 4 is 16.9 Å². The highest BCUT2D eigenvalue weighted by Crippen LogP contribution is 2.38. The molecule has 2 heterocycles. The molecule has 3 aromatic rings. The minimum Gasteiger partial charge on any atom is -0.496 e. The number of hydrogen-bond donors (Lipinski definition) is 2. The predicted octanol–water partition coefficient (Wildman–Crippen LogP) is 5.32. The number of aromatic amines is 1. The normalized spacial score (nSPS) is 21.4. The van der Waals surface area contributed by atoms with E-state index in [0.717, 1.165) is 55.3 Å². The van der Waals surface area contributed by atoms with E-state index >= 15 is 0 Å². The number of carbonyl (C=O) groups is 1. The number of carboxylic acid groups (broad SMARTS) is 1. The molecular weight excluding hydrogens is 416 g/mol. The van der Waals surface area contributed by atoms with Crippen LogP contribution in [-0.2, 0) is 11.3 Å². The van der Waals surface area contributed by atoms with Crippen molar-refractivity contribution in [2.24, 2.45) is 5.92 Å². The Kier molecular flexibility index (Phi) is 6.13. The lowest BCUT2D eigenvalue weighted by molar-refractivity contribution is -0.0229. The summed E-state index contributed by atoms with van der Waals surface area (Å²) in [5.74, 6) is 0.758. The molecule has 1 saturated heterocycles. The molecule has 2 atom stereocenters. The largest absolute Gasteiger partial charge is 0.496 e. The fraction of sp³-hybridized carbons (Fsp3) is 0.444. The summed E-state index contributed by atoms with van der Waals surface area (Å²) in [7, 11) is 1.73. The van der Waals surface area contributed by atoms with Crippen LogP contribution in [0.15, 0.2) is 42.6 Å². The van der Waals surface area contributed by atoms with Crippen molar-refractivity contribution in [2.45, 2.75) is 51.3 Å². The van der Waals surface area contributed by atoms with Crippen molar-refractivity contribution in [1.29, 1.82) is 0 Å². The van der Waals surface area contributed by atoms with Crippen LogP contribution in [0.25, 0.3) is 10.9 Å². The number of aromatic nitrogens is 1. The number of methoxy groups -OCH3 is 1. The molecule has 1 aliphatic heterocycles. The van der Waals surface area contributed by atoms with Crippen LogP contribution in [0.3, 0.4) is 0 Å². The van der Waals surface area contributed by atoms with Crippen molar-refractivity contribution in [2.75, 3.05) is 20.3 Å². The van der Waals surface area contributed by atoms with Crippen LogP contribution in [-0.4, -0.2) is 47.3 Å². The number of hydrogen-bond acceptors (Lipinski definition) is 4. The number of fused-ring (bicyclic) bond motifs is 1.